The summed E-state index contributed by atoms with van der Waals surface area (Å²) in [5.41, 5.74) is 5.29. The summed E-state index contributed by atoms with van der Waals surface area (Å²) < 4.78 is 8.54. The van der Waals surface area contributed by atoms with E-state index in [2.05, 4.69) is 39.8 Å². The standard InChI is InChI=1S/C25H27N3O2S/c1-15(2)20-18-13-30-25(3,4)12-17(18)19-21-22(31-23(19)27-20)24(29)28(14-26-21)11-10-16-8-6-5-7-9-16/h5-9,14-15H,10-13H2,1-4H3. The zero-order valence-corrected chi connectivity index (χ0v) is 19.3. The van der Waals surface area contributed by atoms with Crippen molar-refractivity contribution in [2.75, 3.05) is 0 Å². The van der Waals surface area contributed by atoms with Crippen molar-refractivity contribution >= 4 is 31.8 Å². The van der Waals surface area contributed by atoms with Crippen molar-refractivity contribution in [1.82, 2.24) is 14.5 Å². The van der Waals surface area contributed by atoms with Crippen LogP contribution in [-0.4, -0.2) is 20.1 Å². The van der Waals surface area contributed by atoms with Gasteiger partial charge in [0, 0.05) is 23.9 Å². The molecule has 0 N–H and O–H groups in total. The summed E-state index contributed by atoms with van der Waals surface area (Å²) in [7, 11) is 0. The maximum absolute atomic E-state index is 13.3. The van der Waals surface area contributed by atoms with Crippen molar-refractivity contribution in [1.29, 1.82) is 0 Å². The average molecular weight is 434 g/mol. The summed E-state index contributed by atoms with van der Waals surface area (Å²) >= 11 is 1.48. The van der Waals surface area contributed by atoms with Gasteiger partial charge in [0.05, 0.1) is 29.7 Å². The molecule has 4 aromatic rings. The summed E-state index contributed by atoms with van der Waals surface area (Å²) in [5, 5.41) is 1.04. The Morgan fingerprint density at radius 1 is 1.19 bits per heavy atom. The zero-order chi connectivity index (χ0) is 21.8. The van der Waals surface area contributed by atoms with E-state index in [4.69, 9.17) is 14.7 Å². The van der Waals surface area contributed by atoms with Gasteiger partial charge in [-0.2, -0.15) is 0 Å². The van der Waals surface area contributed by atoms with Gasteiger partial charge < -0.3 is 4.74 Å². The molecule has 160 valence electrons. The van der Waals surface area contributed by atoms with E-state index < -0.39 is 0 Å². The number of benzene rings is 1. The largest absolute Gasteiger partial charge is 0.370 e. The first-order valence-electron chi connectivity index (χ1n) is 10.9. The number of rotatable bonds is 4. The van der Waals surface area contributed by atoms with Crippen LogP contribution in [0.25, 0.3) is 20.4 Å². The molecule has 1 aromatic carbocycles. The number of hydrogen-bond donors (Lipinski definition) is 0. The van der Waals surface area contributed by atoms with Gasteiger partial charge in [0.25, 0.3) is 5.56 Å². The van der Waals surface area contributed by atoms with E-state index in [1.807, 2.05) is 18.2 Å². The second-order valence-electron chi connectivity index (χ2n) is 9.27. The van der Waals surface area contributed by atoms with E-state index in [0.717, 1.165) is 34.3 Å². The third-order valence-corrected chi connectivity index (χ3v) is 7.14. The molecule has 0 saturated heterocycles. The Kier molecular flexibility index (Phi) is 4.94. The first-order valence-corrected chi connectivity index (χ1v) is 11.7. The Bertz CT molecular complexity index is 1340. The minimum atomic E-state index is -0.242. The fourth-order valence-corrected chi connectivity index (χ4v) is 5.57. The maximum atomic E-state index is 13.3. The molecule has 0 bridgehead atoms. The second kappa shape index (κ2) is 7.53. The third-order valence-electron chi connectivity index (χ3n) is 6.08. The van der Waals surface area contributed by atoms with Crippen molar-refractivity contribution < 1.29 is 4.74 Å². The zero-order valence-electron chi connectivity index (χ0n) is 18.4. The van der Waals surface area contributed by atoms with Crippen molar-refractivity contribution in [2.45, 2.75) is 65.2 Å². The van der Waals surface area contributed by atoms with Gasteiger partial charge in [-0.15, -0.1) is 11.3 Å². The molecular formula is C25H27N3O2S. The van der Waals surface area contributed by atoms with Crippen LogP contribution in [0.1, 0.15) is 56.0 Å². The van der Waals surface area contributed by atoms with Crippen molar-refractivity contribution in [3.63, 3.8) is 0 Å². The molecule has 6 heteroatoms. The Balaban J connectivity index is 1.66. The van der Waals surface area contributed by atoms with Gasteiger partial charge >= 0.3 is 0 Å². The molecule has 0 saturated carbocycles. The van der Waals surface area contributed by atoms with Crippen LogP contribution in [0.3, 0.4) is 0 Å². The normalized spacial score (nSPS) is 15.6. The van der Waals surface area contributed by atoms with Crippen LogP contribution < -0.4 is 5.56 Å². The number of aryl methyl sites for hydroxylation is 2. The Morgan fingerprint density at radius 3 is 2.71 bits per heavy atom. The van der Waals surface area contributed by atoms with Gasteiger partial charge in [-0.25, -0.2) is 9.97 Å². The van der Waals surface area contributed by atoms with Gasteiger partial charge in [0.1, 0.15) is 9.53 Å². The molecule has 0 spiro atoms. The van der Waals surface area contributed by atoms with E-state index in [9.17, 15) is 4.79 Å². The van der Waals surface area contributed by atoms with Crippen molar-refractivity contribution in [3.05, 3.63) is 69.4 Å². The van der Waals surface area contributed by atoms with Crippen LogP contribution in [0.4, 0.5) is 0 Å². The minimum absolute atomic E-state index is 0.0232. The molecule has 1 aliphatic rings. The summed E-state index contributed by atoms with van der Waals surface area (Å²) in [6.07, 6.45) is 3.30. The lowest BCUT2D eigenvalue weighted by atomic mass is 9.87. The topological polar surface area (TPSA) is 57.0 Å². The maximum Gasteiger partial charge on any atom is 0.271 e. The SMILES string of the molecule is CC(C)c1nc2sc3c(=O)n(CCc4ccccc4)cnc3c2c2c1COC(C)(C)C2. The molecule has 4 heterocycles. The number of ether oxygens (including phenoxy) is 1. The molecule has 0 unspecified atom stereocenters. The average Bonchev–Trinajstić information content (AvgIpc) is 3.12. The van der Waals surface area contributed by atoms with Gasteiger partial charge in [-0.3, -0.25) is 9.36 Å². The third kappa shape index (κ3) is 3.58. The fourth-order valence-electron chi connectivity index (χ4n) is 4.45. The van der Waals surface area contributed by atoms with Crippen LogP contribution in [-0.2, 0) is 30.7 Å². The highest BCUT2D eigenvalue weighted by molar-refractivity contribution is 7.25. The number of hydrogen-bond acceptors (Lipinski definition) is 5. The molecule has 1 aliphatic heterocycles. The molecule has 0 aliphatic carbocycles. The summed E-state index contributed by atoms with van der Waals surface area (Å²) in [6.45, 7) is 9.74. The molecular weight excluding hydrogens is 406 g/mol. The highest BCUT2D eigenvalue weighted by atomic mass is 32.1. The summed E-state index contributed by atoms with van der Waals surface area (Å²) in [6, 6.07) is 10.2. The quantitative estimate of drug-likeness (QED) is 0.443. The number of nitrogens with zero attached hydrogens (tertiary/aromatic N) is 3. The van der Waals surface area contributed by atoms with Gasteiger partial charge in [-0.1, -0.05) is 44.2 Å². The van der Waals surface area contributed by atoms with Crippen LogP contribution in [0.15, 0.2) is 41.5 Å². The van der Waals surface area contributed by atoms with Crippen molar-refractivity contribution in [2.24, 2.45) is 0 Å². The molecule has 0 amide bonds. The van der Waals surface area contributed by atoms with Crippen LogP contribution >= 0.6 is 11.3 Å². The van der Waals surface area contributed by atoms with Crippen LogP contribution in [0.5, 0.6) is 0 Å². The molecule has 5 nitrogen and oxygen atoms in total. The van der Waals surface area contributed by atoms with E-state index in [0.29, 0.717) is 23.8 Å². The summed E-state index contributed by atoms with van der Waals surface area (Å²) in [5.74, 6) is 0.295. The molecule has 0 radical (unpaired) electrons. The molecule has 3 aromatic heterocycles. The van der Waals surface area contributed by atoms with E-state index in [1.54, 1.807) is 10.9 Å². The lowest BCUT2D eigenvalue weighted by molar-refractivity contribution is -0.0402. The second-order valence-corrected chi connectivity index (χ2v) is 10.3. The Hall–Kier alpha value is -2.57. The summed E-state index contributed by atoms with van der Waals surface area (Å²) in [4.78, 5) is 24.0. The van der Waals surface area contributed by atoms with E-state index in [-0.39, 0.29) is 11.2 Å². The fraction of sp³-hybridized carbons (Fsp3) is 0.400. The number of thiophene rings is 1. The van der Waals surface area contributed by atoms with Crippen molar-refractivity contribution in [3.8, 4) is 0 Å². The van der Waals surface area contributed by atoms with E-state index in [1.165, 1.54) is 28.0 Å². The molecule has 0 atom stereocenters. The number of aromatic nitrogens is 3. The van der Waals surface area contributed by atoms with Crippen LogP contribution in [0.2, 0.25) is 0 Å². The smallest absolute Gasteiger partial charge is 0.271 e. The molecule has 0 fully saturated rings. The van der Waals surface area contributed by atoms with Gasteiger partial charge in [0.15, 0.2) is 0 Å². The minimum Gasteiger partial charge on any atom is -0.370 e. The highest BCUT2D eigenvalue weighted by Gasteiger charge is 2.32. The lowest BCUT2D eigenvalue weighted by Gasteiger charge is -2.33. The predicted octanol–water partition coefficient (Wildman–Crippen LogP) is 5.22. The van der Waals surface area contributed by atoms with Gasteiger partial charge in [-0.05, 0) is 37.3 Å². The molecule has 31 heavy (non-hydrogen) atoms. The Morgan fingerprint density at radius 2 is 1.97 bits per heavy atom. The number of fused-ring (bicyclic) bond motifs is 5. The van der Waals surface area contributed by atoms with Gasteiger partial charge in [0.2, 0.25) is 0 Å². The first kappa shape index (κ1) is 20.3. The molecule has 5 rings (SSSR count). The predicted molar refractivity (Wildman–Crippen MR) is 126 cm³/mol. The van der Waals surface area contributed by atoms with Crippen LogP contribution in [0, 0.1) is 0 Å². The Labute approximate surface area is 185 Å². The van der Waals surface area contributed by atoms with E-state index >= 15 is 0 Å². The first-order chi connectivity index (χ1) is 14.8. The monoisotopic (exact) mass is 433 g/mol. The highest BCUT2D eigenvalue weighted by Crippen LogP contribution is 2.41. The number of pyridine rings is 1. The lowest BCUT2D eigenvalue weighted by Crippen LogP contribution is -2.33.